The van der Waals surface area contributed by atoms with Gasteiger partial charge in [-0.15, -0.1) is 0 Å². The van der Waals surface area contributed by atoms with Crippen LogP contribution in [0.5, 0.6) is 0 Å². The molecule has 2 saturated heterocycles. The van der Waals surface area contributed by atoms with E-state index in [2.05, 4.69) is 24.7 Å². The quantitative estimate of drug-likeness (QED) is 0.365. The van der Waals surface area contributed by atoms with E-state index < -0.39 is 40.4 Å². The molecule has 12 nitrogen and oxygen atoms in total. The Kier molecular flexibility index (Phi) is 5.41. The lowest BCUT2D eigenvalue weighted by molar-refractivity contribution is -0.195. The predicted molar refractivity (Wildman–Crippen MR) is 129 cm³/mol. The third-order valence-electron chi connectivity index (χ3n) is 6.20. The number of nitrogen functional groups attached to an aromatic ring is 1. The molecule has 3 N–H and O–H groups in total. The normalized spacial score (nSPS) is 25.5. The van der Waals surface area contributed by atoms with Crippen LogP contribution in [0.2, 0.25) is 5.15 Å². The second kappa shape index (κ2) is 8.30. The molecule has 14 heteroatoms. The maximum absolute atomic E-state index is 13.1. The van der Waals surface area contributed by atoms with E-state index in [4.69, 9.17) is 31.5 Å². The van der Waals surface area contributed by atoms with E-state index in [9.17, 15) is 8.42 Å². The van der Waals surface area contributed by atoms with Gasteiger partial charge in [0, 0.05) is 11.9 Å². The van der Waals surface area contributed by atoms with Crippen LogP contribution in [0.15, 0.2) is 47.9 Å². The number of imidazole rings is 1. The van der Waals surface area contributed by atoms with Crippen molar-refractivity contribution in [2.45, 2.75) is 49.1 Å². The highest BCUT2D eigenvalue weighted by molar-refractivity contribution is 7.89. The number of fused-ring (bicyclic) bond motifs is 3. The van der Waals surface area contributed by atoms with Crippen LogP contribution in [-0.4, -0.2) is 63.6 Å². The summed E-state index contributed by atoms with van der Waals surface area (Å²) in [6.07, 6.45) is 0.522. The first-order valence-electron chi connectivity index (χ1n) is 11.1. The van der Waals surface area contributed by atoms with E-state index in [0.717, 1.165) is 0 Å². The van der Waals surface area contributed by atoms with E-state index in [1.165, 1.54) is 12.4 Å². The summed E-state index contributed by atoms with van der Waals surface area (Å²) < 4.78 is 49.0. The minimum absolute atomic E-state index is 0.0416. The zero-order valence-corrected chi connectivity index (χ0v) is 20.8. The number of aromatic nitrogens is 5. The largest absolute Gasteiger partial charge is 0.382 e. The molecule has 2 fully saturated rings. The molecule has 1 aromatic carbocycles. The fourth-order valence-corrected chi connectivity index (χ4v) is 5.86. The van der Waals surface area contributed by atoms with Crippen LogP contribution < -0.4 is 10.5 Å². The second-order valence-electron chi connectivity index (χ2n) is 9.05. The van der Waals surface area contributed by atoms with E-state index in [-0.39, 0.29) is 17.3 Å². The van der Waals surface area contributed by atoms with Gasteiger partial charge in [0.1, 0.15) is 35.3 Å². The van der Waals surface area contributed by atoms with Crippen molar-refractivity contribution in [3.8, 4) is 0 Å². The van der Waals surface area contributed by atoms with Gasteiger partial charge in [0.2, 0.25) is 10.0 Å². The molecule has 3 aromatic heterocycles. The Bertz CT molecular complexity index is 1590. The molecule has 0 saturated carbocycles. The van der Waals surface area contributed by atoms with Crippen molar-refractivity contribution >= 4 is 49.5 Å². The summed E-state index contributed by atoms with van der Waals surface area (Å²) >= 11 is 5.93. The van der Waals surface area contributed by atoms with Crippen molar-refractivity contribution in [2.24, 2.45) is 0 Å². The van der Waals surface area contributed by atoms with Crippen LogP contribution in [0.3, 0.4) is 0 Å². The van der Waals surface area contributed by atoms with Crippen LogP contribution in [0.4, 0.5) is 5.82 Å². The second-order valence-corrected chi connectivity index (χ2v) is 11.2. The first-order chi connectivity index (χ1) is 17.1. The Balaban J connectivity index is 1.26. The number of nitrogens with one attached hydrogen (secondary N) is 1. The molecule has 188 valence electrons. The highest BCUT2D eigenvalue weighted by Crippen LogP contribution is 2.43. The van der Waals surface area contributed by atoms with Gasteiger partial charge in [0.15, 0.2) is 23.5 Å². The highest BCUT2D eigenvalue weighted by atomic mass is 35.5. The number of hydrogen-bond donors (Lipinski definition) is 2. The number of halogens is 1. The van der Waals surface area contributed by atoms with Gasteiger partial charge in [0.05, 0.1) is 16.7 Å². The van der Waals surface area contributed by atoms with E-state index >= 15 is 0 Å². The SMILES string of the molecule is CC1(C)O[C@@H]2[C@H](O1)[C@@H](CNS(=O)(=O)c1ccc3nc(Cl)ccc3c1)O[C@H]2n1cnc2c(N)ncnc21. The molecule has 0 amide bonds. The number of rotatable bonds is 5. The Morgan fingerprint density at radius 1 is 1.14 bits per heavy atom. The third kappa shape index (κ3) is 3.97. The van der Waals surface area contributed by atoms with Crippen molar-refractivity contribution in [1.82, 2.24) is 29.2 Å². The summed E-state index contributed by atoms with van der Waals surface area (Å²) in [7, 11) is -3.86. The van der Waals surface area contributed by atoms with Gasteiger partial charge < -0.3 is 19.9 Å². The summed E-state index contributed by atoms with van der Waals surface area (Å²) in [5.41, 5.74) is 7.44. The minimum atomic E-state index is -3.86. The Hall–Kier alpha value is -2.94. The Morgan fingerprint density at radius 2 is 1.94 bits per heavy atom. The maximum atomic E-state index is 13.1. The van der Waals surface area contributed by atoms with E-state index in [1.54, 1.807) is 49.0 Å². The molecular formula is C22H22ClN7O5S. The number of hydrogen-bond acceptors (Lipinski definition) is 10. The average Bonchev–Trinajstić information content (AvgIpc) is 3.49. The summed E-state index contributed by atoms with van der Waals surface area (Å²) in [6, 6.07) is 7.97. The lowest BCUT2D eigenvalue weighted by Gasteiger charge is -2.25. The molecule has 0 spiro atoms. The van der Waals surface area contributed by atoms with E-state index in [0.29, 0.717) is 27.2 Å². The first-order valence-corrected chi connectivity index (χ1v) is 13.0. The van der Waals surface area contributed by atoms with Crippen molar-refractivity contribution in [2.75, 3.05) is 12.3 Å². The number of sulfonamides is 1. The standard InChI is InChI=1S/C22H22ClN7O5S/c1-22(2)34-17-14(8-28-36(31,32)12-4-5-13-11(7-12)3-6-15(23)29-13)33-21(18(17)35-22)30-10-27-16-19(24)25-9-26-20(16)30/h3-7,9-10,14,17-18,21,28H,8H2,1-2H3,(H2,24,25,26)/t14-,17-,18-,21-/m1/s1. The summed E-state index contributed by atoms with van der Waals surface area (Å²) in [6.45, 7) is 3.55. The molecule has 2 aliphatic rings. The average molecular weight is 532 g/mol. The van der Waals surface area contributed by atoms with Gasteiger partial charge in [-0.05, 0) is 44.2 Å². The molecule has 0 radical (unpaired) electrons. The van der Waals surface area contributed by atoms with Gasteiger partial charge in [-0.1, -0.05) is 11.6 Å². The number of pyridine rings is 1. The Labute approximate surface area is 210 Å². The van der Waals surface area contributed by atoms with Crippen molar-refractivity contribution in [3.63, 3.8) is 0 Å². The fourth-order valence-electron chi connectivity index (χ4n) is 4.62. The van der Waals surface area contributed by atoms with Gasteiger partial charge >= 0.3 is 0 Å². The van der Waals surface area contributed by atoms with Crippen LogP contribution in [0.25, 0.3) is 22.1 Å². The minimum Gasteiger partial charge on any atom is -0.382 e. The molecular weight excluding hydrogens is 510 g/mol. The number of nitrogens with two attached hydrogens (primary N) is 1. The smallest absolute Gasteiger partial charge is 0.240 e. The van der Waals surface area contributed by atoms with Crippen molar-refractivity contribution in [3.05, 3.63) is 48.1 Å². The third-order valence-corrected chi connectivity index (χ3v) is 7.83. The van der Waals surface area contributed by atoms with Crippen molar-refractivity contribution in [1.29, 1.82) is 0 Å². The molecule has 4 aromatic rings. The number of ether oxygens (including phenoxy) is 3. The van der Waals surface area contributed by atoms with Crippen LogP contribution >= 0.6 is 11.6 Å². The molecule has 6 rings (SSSR count). The fraction of sp³-hybridized carbons (Fsp3) is 0.364. The summed E-state index contributed by atoms with van der Waals surface area (Å²) in [5.74, 6) is -0.639. The monoisotopic (exact) mass is 531 g/mol. The molecule has 36 heavy (non-hydrogen) atoms. The van der Waals surface area contributed by atoms with Gasteiger partial charge in [-0.3, -0.25) is 4.57 Å². The van der Waals surface area contributed by atoms with Gasteiger partial charge in [0.25, 0.3) is 0 Å². The van der Waals surface area contributed by atoms with Crippen molar-refractivity contribution < 1.29 is 22.6 Å². The highest BCUT2D eigenvalue weighted by Gasteiger charge is 2.56. The molecule has 0 aliphatic carbocycles. The van der Waals surface area contributed by atoms with Crippen LogP contribution in [0.1, 0.15) is 20.1 Å². The molecule has 5 heterocycles. The Morgan fingerprint density at radius 3 is 2.78 bits per heavy atom. The summed E-state index contributed by atoms with van der Waals surface area (Å²) in [4.78, 5) is 16.8. The molecule has 0 bridgehead atoms. The van der Waals surface area contributed by atoms with E-state index in [1.807, 2.05) is 0 Å². The maximum Gasteiger partial charge on any atom is 0.240 e. The zero-order valence-electron chi connectivity index (χ0n) is 19.2. The first kappa shape index (κ1) is 23.5. The number of anilines is 1. The molecule has 2 aliphatic heterocycles. The molecule has 0 unspecified atom stereocenters. The number of benzene rings is 1. The molecule has 4 atom stereocenters. The number of nitrogens with zero attached hydrogens (tertiary/aromatic N) is 5. The predicted octanol–water partition coefficient (Wildman–Crippen LogP) is 2.01. The topological polar surface area (TPSA) is 156 Å². The summed E-state index contributed by atoms with van der Waals surface area (Å²) in [5, 5.41) is 0.988. The van der Waals surface area contributed by atoms with Crippen LogP contribution in [0, 0.1) is 0 Å². The van der Waals surface area contributed by atoms with Gasteiger partial charge in [-0.25, -0.2) is 33.1 Å². The lowest BCUT2D eigenvalue weighted by atomic mass is 10.1. The zero-order chi connectivity index (χ0) is 25.2. The van der Waals surface area contributed by atoms with Crippen LogP contribution in [-0.2, 0) is 24.2 Å². The lowest BCUT2D eigenvalue weighted by Crippen LogP contribution is -2.39. The van der Waals surface area contributed by atoms with Gasteiger partial charge in [-0.2, -0.15) is 0 Å².